The summed E-state index contributed by atoms with van der Waals surface area (Å²) in [4.78, 5) is 12.5. The summed E-state index contributed by atoms with van der Waals surface area (Å²) in [5.41, 5.74) is 3.21. The van der Waals surface area contributed by atoms with Gasteiger partial charge in [-0.05, 0) is 56.4 Å². The van der Waals surface area contributed by atoms with Crippen LogP contribution >= 0.6 is 12.2 Å². The Hall–Kier alpha value is -2.51. The van der Waals surface area contributed by atoms with E-state index in [1.54, 1.807) is 12.1 Å². The quantitative estimate of drug-likeness (QED) is 0.436. The Bertz CT molecular complexity index is 762. The summed E-state index contributed by atoms with van der Waals surface area (Å²) in [6.45, 7) is 5.83. The van der Waals surface area contributed by atoms with E-state index < -0.39 is 4.92 Å². The van der Waals surface area contributed by atoms with Gasteiger partial charge in [0.15, 0.2) is 5.11 Å². The second-order valence-electron chi connectivity index (χ2n) is 6.39. The van der Waals surface area contributed by atoms with Gasteiger partial charge in [-0.2, -0.15) is 0 Å². The first-order valence-corrected chi connectivity index (χ1v) is 8.84. The number of hydrogen-bond acceptors (Lipinski definition) is 4. The molecule has 0 aliphatic heterocycles. The molecule has 0 atom stereocenters. The molecule has 0 saturated carbocycles. The Kier molecular flexibility index (Phi) is 7.06. The van der Waals surface area contributed by atoms with Crippen molar-refractivity contribution in [3.8, 4) is 0 Å². The molecule has 0 amide bonds. The zero-order valence-electron chi connectivity index (χ0n) is 15.2. The van der Waals surface area contributed by atoms with Gasteiger partial charge in [-0.3, -0.25) is 15.0 Å². The summed E-state index contributed by atoms with van der Waals surface area (Å²) >= 11 is 5.33. The summed E-state index contributed by atoms with van der Waals surface area (Å²) < 4.78 is 0. The van der Waals surface area contributed by atoms with E-state index in [9.17, 15) is 10.1 Å². The van der Waals surface area contributed by atoms with Crippen LogP contribution in [0, 0.1) is 10.1 Å². The Morgan fingerprint density at radius 3 is 2.35 bits per heavy atom. The van der Waals surface area contributed by atoms with Gasteiger partial charge in [-0.25, -0.2) is 0 Å². The number of benzene rings is 2. The Morgan fingerprint density at radius 2 is 1.77 bits per heavy atom. The molecule has 0 aliphatic carbocycles. The first-order chi connectivity index (χ1) is 12.4. The minimum absolute atomic E-state index is 0.0534. The van der Waals surface area contributed by atoms with E-state index in [0.29, 0.717) is 23.4 Å². The molecular formula is C19H24N4O2S. The highest BCUT2D eigenvalue weighted by Gasteiger charge is 2.09. The largest absolute Gasteiger partial charge is 0.358 e. The van der Waals surface area contributed by atoms with Crippen molar-refractivity contribution in [1.29, 1.82) is 0 Å². The highest BCUT2D eigenvalue weighted by Crippen LogP contribution is 2.16. The second-order valence-corrected chi connectivity index (χ2v) is 6.80. The van der Waals surface area contributed by atoms with Crippen molar-refractivity contribution in [2.45, 2.75) is 33.0 Å². The molecule has 0 radical (unpaired) electrons. The van der Waals surface area contributed by atoms with E-state index in [0.717, 1.165) is 6.54 Å². The third-order valence-electron chi connectivity index (χ3n) is 4.20. The Balaban J connectivity index is 1.94. The van der Waals surface area contributed by atoms with Gasteiger partial charge in [-0.1, -0.05) is 24.3 Å². The third-order valence-corrected chi connectivity index (χ3v) is 4.44. The monoisotopic (exact) mass is 372 g/mol. The topological polar surface area (TPSA) is 70.4 Å². The molecule has 0 bridgehead atoms. The summed E-state index contributed by atoms with van der Waals surface area (Å²) in [7, 11) is 2.11. The summed E-state index contributed by atoms with van der Waals surface area (Å²) in [5, 5.41) is 17.4. The number of thiocarbonyl (C=S) groups is 1. The van der Waals surface area contributed by atoms with Crippen LogP contribution in [0.25, 0.3) is 0 Å². The molecule has 2 aromatic rings. The molecule has 0 aromatic heterocycles. The summed E-state index contributed by atoms with van der Waals surface area (Å²) in [5.74, 6) is 0. The number of hydrogen-bond donors (Lipinski definition) is 2. The molecule has 7 heteroatoms. The first-order valence-electron chi connectivity index (χ1n) is 8.43. The normalized spacial score (nSPS) is 10.8. The fourth-order valence-electron chi connectivity index (χ4n) is 2.35. The average molecular weight is 372 g/mol. The predicted molar refractivity (Wildman–Crippen MR) is 109 cm³/mol. The van der Waals surface area contributed by atoms with Crippen LogP contribution in [0.3, 0.4) is 0 Å². The minimum atomic E-state index is -0.425. The molecule has 0 saturated heterocycles. The van der Waals surface area contributed by atoms with E-state index in [4.69, 9.17) is 12.2 Å². The lowest BCUT2D eigenvalue weighted by Gasteiger charge is -2.22. The van der Waals surface area contributed by atoms with Crippen LogP contribution in [-0.2, 0) is 13.1 Å². The van der Waals surface area contributed by atoms with E-state index >= 15 is 0 Å². The van der Waals surface area contributed by atoms with Gasteiger partial charge in [0, 0.05) is 37.0 Å². The van der Waals surface area contributed by atoms with E-state index in [1.165, 1.54) is 23.3 Å². The van der Waals surface area contributed by atoms with Crippen molar-refractivity contribution >= 4 is 28.7 Å². The van der Waals surface area contributed by atoms with Crippen LogP contribution in [0.15, 0.2) is 48.5 Å². The summed E-state index contributed by atoms with van der Waals surface area (Å²) in [6.07, 6.45) is 0. The molecule has 0 fully saturated rings. The van der Waals surface area contributed by atoms with Crippen LogP contribution in [-0.4, -0.2) is 28.0 Å². The SMILES string of the molecule is CC(C)N(C)Cc1ccccc1CNC(=S)Nc1ccc([N+](=O)[O-])cc1. The van der Waals surface area contributed by atoms with Crippen molar-refractivity contribution in [2.24, 2.45) is 0 Å². The zero-order valence-corrected chi connectivity index (χ0v) is 16.0. The number of anilines is 1. The van der Waals surface area contributed by atoms with Gasteiger partial charge in [0.2, 0.25) is 0 Å². The van der Waals surface area contributed by atoms with Crippen molar-refractivity contribution in [2.75, 3.05) is 12.4 Å². The zero-order chi connectivity index (χ0) is 19.1. The number of nitrogens with zero attached hydrogens (tertiary/aromatic N) is 2. The van der Waals surface area contributed by atoms with Crippen LogP contribution in [0.1, 0.15) is 25.0 Å². The molecule has 26 heavy (non-hydrogen) atoms. The van der Waals surface area contributed by atoms with Crippen molar-refractivity contribution < 1.29 is 4.92 Å². The van der Waals surface area contributed by atoms with Gasteiger partial charge in [0.1, 0.15) is 0 Å². The van der Waals surface area contributed by atoms with Gasteiger partial charge in [0.25, 0.3) is 5.69 Å². The Labute approximate surface area is 159 Å². The van der Waals surface area contributed by atoms with E-state index in [-0.39, 0.29) is 5.69 Å². The van der Waals surface area contributed by atoms with Gasteiger partial charge < -0.3 is 10.6 Å². The van der Waals surface area contributed by atoms with Crippen LogP contribution in [0.4, 0.5) is 11.4 Å². The molecule has 0 unspecified atom stereocenters. The van der Waals surface area contributed by atoms with Crippen LogP contribution in [0.2, 0.25) is 0 Å². The van der Waals surface area contributed by atoms with Gasteiger partial charge in [0.05, 0.1) is 4.92 Å². The smallest absolute Gasteiger partial charge is 0.269 e. The van der Waals surface area contributed by atoms with Crippen molar-refractivity contribution in [3.63, 3.8) is 0 Å². The molecule has 2 aromatic carbocycles. The maximum Gasteiger partial charge on any atom is 0.269 e. The number of nitrogens with one attached hydrogen (secondary N) is 2. The van der Waals surface area contributed by atoms with E-state index in [2.05, 4.69) is 48.6 Å². The standard InChI is InChI=1S/C19H24N4O2S/c1-14(2)22(3)13-16-7-5-4-6-15(16)12-20-19(26)21-17-8-10-18(11-9-17)23(24)25/h4-11,14H,12-13H2,1-3H3,(H2,20,21,26). The van der Waals surface area contributed by atoms with Crippen molar-refractivity contribution in [1.82, 2.24) is 10.2 Å². The van der Waals surface area contributed by atoms with Crippen LogP contribution < -0.4 is 10.6 Å². The molecule has 0 aliphatic rings. The third kappa shape index (κ3) is 5.79. The molecule has 0 heterocycles. The molecule has 0 spiro atoms. The minimum Gasteiger partial charge on any atom is -0.358 e. The lowest BCUT2D eigenvalue weighted by molar-refractivity contribution is -0.384. The maximum atomic E-state index is 10.7. The molecule has 2 rings (SSSR count). The Morgan fingerprint density at radius 1 is 1.15 bits per heavy atom. The molecule has 6 nitrogen and oxygen atoms in total. The fraction of sp³-hybridized carbons (Fsp3) is 0.316. The number of rotatable bonds is 7. The highest BCUT2D eigenvalue weighted by molar-refractivity contribution is 7.80. The molecule has 2 N–H and O–H groups in total. The number of non-ortho nitro benzene ring substituents is 1. The van der Waals surface area contributed by atoms with Crippen molar-refractivity contribution in [3.05, 3.63) is 69.8 Å². The summed E-state index contributed by atoms with van der Waals surface area (Å²) in [6, 6.07) is 14.9. The van der Waals surface area contributed by atoms with E-state index in [1.807, 2.05) is 12.1 Å². The molecule has 138 valence electrons. The molecular weight excluding hydrogens is 348 g/mol. The second kappa shape index (κ2) is 9.26. The first kappa shape index (κ1) is 19.8. The van der Waals surface area contributed by atoms with Gasteiger partial charge >= 0.3 is 0 Å². The lowest BCUT2D eigenvalue weighted by Crippen LogP contribution is -2.29. The predicted octanol–water partition coefficient (Wildman–Crippen LogP) is 3.92. The fourth-order valence-corrected chi connectivity index (χ4v) is 2.54. The van der Waals surface area contributed by atoms with Crippen LogP contribution in [0.5, 0.6) is 0 Å². The lowest BCUT2D eigenvalue weighted by atomic mass is 10.1. The highest BCUT2D eigenvalue weighted by atomic mass is 32.1. The number of nitro groups is 1. The number of nitro benzene ring substituents is 1. The van der Waals surface area contributed by atoms with Gasteiger partial charge in [-0.15, -0.1) is 0 Å². The maximum absolute atomic E-state index is 10.7. The average Bonchev–Trinajstić information content (AvgIpc) is 2.61.